The molecule has 0 amide bonds. The van der Waals surface area contributed by atoms with Crippen LogP contribution in [0.1, 0.15) is 15.9 Å². The van der Waals surface area contributed by atoms with E-state index in [0.717, 1.165) is 0 Å². The Bertz CT molecular complexity index is 580. The van der Waals surface area contributed by atoms with E-state index >= 15 is 0 Å². The van der Waals surface area contributed by atoms with Gasteiger partial charge in [-0.1, -0.05) is 47.5 Å². The Morgan fingerprint density at radius 1 is 0.950 bits per heavy atom. The van der Waals surface area contributed by atoms with Gasteiger partial charge in [0.25, 0.3) is 5.09 Å². The average Bonchev–Trinajstić information content (AvgIpc) is 2.38. The van der Waals surface area contributed by atoms with E-state index in [9.17, 15) is 4.79 Å². The summed E-state index contributed by atoms with van der Waals surface area (Å²) >= 11 is 11.9. The third kappa shape index (κ3) is 4.53. The van der Waals surface area contributed by atoms with E-state index in [4.69, 9.17) is 38.5 Å². The van der Waals surface area contributed by atoms with Crippen LogP contribution in [0.5, 0.6) is 0 Å². The van der Waals surface area contributed by atoms with Crippen LogP contribution < -0.4 is 0 Å². The van der Waals surface area contributed by atoms with Gasteiger partial charge in [0, 0.05) is 11.1 Å². The molecule has 0 saturated heterocycles. The molecule has 5 nitrogen and oxygen atoms in total. The van der Waals surface area contributed by atoms with E-state index in [1.165, 1.54) is 0 Å². The predicted octanol–water partition coefficient (Wildman–Crippen LogP) is 3.88. The van der Waals surface area contributed by atoms with E-state index < -0.39 is 5.09 Å². The van der Waals surface area contributed by atoms with E-state index in [-0.39, 0.29) is 5.78 Å². The van der Waals surface area contributed by atoms with Gasteiger partial charge in [-0.3, -0.25) is 4.79 Å². The maximum atomic E-state index is 12.1. The molecule has 0 aromatic heterocycles. The van der Waals surface area contributed by atoms with Crippen LogP contribution in [0.3, 0.4) is 0 Å². The van der Waals surface area contributed by atoms with Gasteiger partial charge in [-0.25, -0.2) is 0 Å². The molecule has 0 aliphatic carbocycles. The van der Waals surface area contributed by atoms with Crippen LogP contribution in [0, 0.1) is 10.1 Å². The predicted molar refractivity (Wildman–Crippen MR) is 75.1 cm³/mol. The average molecular weight is 314 g/mol. The summed E-state index contributed by atoms with van der Waals surface area (Å²) < 4.78 is 0. The van der Waals surface area contributed by atoms with Gasteiger partial charge in [0.1, 0.15) is 0 Å². The molecule has 1 N–H and O–H groups in total. The van der Waals surface area contributed by atoms with Gasteiger partial charge in [0.2, 0.25) is 0 Å². The smallest absolute Gasteiger partial charge is 0.291 e. The molecule has 2 aromatic rings. The molecular formula is C13H9Cl2NO4. The second kappa shape index (κ2) is 7.47. The molecule has 0 aliphatic rings. The summed E-state index contributed by atoms with van der Waals surface area (Å²) in [7, 11) is 0. The number of carbonyl (C=O) groups excluding carboxylic acids is 1. The van der Waals surface area contributed by atoms with Crippen LogP contribution in [0.25, 0.3) is 0 Å². The molecule has 7 heteroatoms. The summed E-state index contributed by atoms with van der Waals surface area (Å²) in [6, 6.07) is 13.9. The van der Waals surface area contributed by atoms with Crippen molar-refractivity contribution < 1.29 is 15.1 Å². The van der Waals surface area contributed by atoms with Crippen LogP contribution in [0.4, 0.5) is 0 Å². The normalized spacial score (nSPS) is 9.30. The Morgan fingerprint density at radius 2 is 1.25 bits per heavy atom. The summed E-state index contributed by atoms with van der Waals surface area (Å²) in [6.45, 7) is 0. The molecule has 104 valence electrons. The number of halogens is 2. The highest BCUT2D eigenvalue weighted by atomic mass is 35.5. The first-order valence-electron chi connectivity index (χ1n) is 5.30. The lowest BCUT2D eigenvalue weighted by Crippen LogP contribution is -2.02. The van der Waals surface area contributed by atoms with Crippen LogP contribution in [0.2, 0.25) is 10.0 Å². The Labute approximate surface area is 124 Å². The fourth-order valence-electron chi connectivity index (χ4n) is 1.44. The van der Waals surface area contributed by atoms with Crippen LogP contribution in [-0.2, 0) is 0 Å². The largest absolute Gasteiger partial charge is 0.328 e. The number of nitrogens with zero attached hydrogens (tertiary/aromatic N) is 1. The molecule has 20 heavy (non-hydrogen) atoms. The van der Waals surface area contributed by atoms with Gasteiger partial charge in [-0.15, -0.1) is 10.1 Å². The van der Waals surface area contributed by atoms with Gasteiger partial charge in [0.15, 0.2) is 5.78 Å². The molecule has 0 spiro atoms. The van der Waals surface area contributed by atoms with Crippen molar-refractivity contribution in [2.24, 2.45) is 0 Å². The van der Waals surface area contributed by atoms with Crippen LogP contribution in [-0.4, -0.2) is 16.1 Å². The van der Waals surface area contributed by atoms with E-state index in [1.807, 2.05) is 0 Å². The van der Waals surface area contributed by atoms with E-state index in [0.29, 0.717) is 21.2 Å². The molecule has 0 saturated carbocycles. The monoisotopic (exact) mass is 313 g/mol. The first-order valence-corrected chi connectivity index (χ1v) is 6.06. The van der Waals surface area contributed by atoms with Crippen molar-refractivity contribution in [3.63, 3.8) is 0 Å². The van der Waals surface area contributed by atoms with Crippen molar-refractivity contribution in [2.75, 3.05) is 0 Å². The number of benzene rings is 2. The van der Waals surface area contributed by atoms with Gasteiger partial charge in [-0.2, -0.15) is 0 Å². The van der Waals surface area contributed by atoms with Gasteiger partial charge >= 0.3 is 0 Å². The highest BCUT2D eigenvalue weighted by Gasteiger charge is 2.14. The molecule has 0 bridgehead atoms. The number of hydrogen-bond acceptors (Lipinski definition) is 3. The summed E-state index contributed by atoms with van der Waals surface area (Å²) in [5, 5.41) is 14.5. The van der Waals surface area contributed by atoms with E-state index in [1.54, 1.807) is 48.5 Å². The summed E-state index contributed by atoms with van der Waals surface area (Å²) in [6.07, 6.45) is 0. The van der Waals surface area contributed by atoms with Crippen molar-refractivity contribution in [1.29, 1.82) is 0 Å². The second-order valence-electron chi connectivity index (χ2n) is 3.53. The molecular weight excluding hydrogens is 305 g/mol. The quantitative estimate of drug-likeness (QED) is 0.518. The van der Waals surface area contributed by atoms with Crippen LogP contribution >= 0.6 is 23.2 Å². The van der Waals surface area contributed by atoms with Gasteiger partial charge in [0.05, 0.1) is 10.0 Å². The van der Waals surface area contributed by atoms with Gasteiger partial charge < -0.3 is 5.21 Å². The summed E-state index contributed by atoms with van der Waals surface area (Å²) in [5.74, 6) is -0.156. The molecule has 0 fully saturated rings. The minimum atomic E-state index is -1.50. The first-order chi connectivity index (χ1) is 9.43. The maximum Gasteiger partial charge on any atom is 0.291 e. The molecule has 0 aliphatic heterocycles. The number of hydrogen-bond donors (Lipinski definition) is 1. The van der Waals surface area contributed by atoms with Crippen molar-refractivity contribution in [2.45, 2.75) is 0 Å². The molecule has 0 radical (unpaired) electrons. The fraction of sp³-hybridized carbons (Fsp3) is 0. The lowest BCUT2D eigenvalue weighted by atomic mass is 10.0. The van der Waals surface area contributed by atoms with E-state index in [2.05, 4.69) is 0 Å². The third-order valence-electron chi connectivity index (χ3n) is 2.24. The van der Waals surface area contributed by atoms with Crippen molar-refractivity contribution in [1.82, 2.24) is 0 Å². The molecule has 0 heterocycles. The summed E-state index contributed by atoms with van der Waals surface area (Å²) in [5.41, 5.74) is 0.939. The minimum absolute atomic E-state index is 0.156. The lowest BCUT2D eigenvalue weighted by molar-refractivity contribution is -0.742. The zero-order valence-electron chi connectivity index (χ0n) is 9.99. The van der Waals surface area contributed by atoms with Crippen molar-refractivity contribution in [3.05, 3.63) is 79.8 Å². The molecule has 0 unspecified atom stereocenters. The lowest BCUT2D eigenvalue weighted by Gasteiger charge is -2.04. The van der Waals surface area contributed by atoms with Crippen molar-refractivity contribution in [3.8, 4) is 0 Å². The Balaban J connectivity index is 0.000000444. The Kier molecular flexibility index (Phi) is 5.96. The minimum Gasteiger partial charge on any atom is -0.328 e. The topological polar surface area (TPSA) is 80.4 Å². The Hall–Kier alpha value is -2.11. The Morgan fingerprint density at radius 3 is 1.55 bits per heavy atom. The SMILES string of the molecule is O=C(c1ccccc1Cl)c1ccccc1Cl.O=[N+]([O-])O. The molecule has 2 rings (SSSR count). The number of rotatable bonds is 2. The number of carbonyl (C=O) groups is 1. The van der Waals surface area contributed by atoms with Crippen molar-refractivity contribution >= 4 is 29.0 Å². The van der Waals surface area contributed by atoms with Gasteiger partial charge in [-0.05, 0) is 24.3 Å². The number of ketones is 1. The standard InChI is InChI=1S/C13H8Cl2O.HNO3/c14-11-7-3-1-5-9(11)13(16)10-6-2-4-8-12(10)15;2-1(3)4/h1-8H;(H,2,3,4). The highest BCUT2D eigenvalue weighted by Crippen LogP contribution is 2.23. The van der Waals surface area contributed by atoms with Crippen LogP contribution in [0.15, 0.2) is 48.5 Å². The third-order valence-corrected chi connectivity index (χ3v) is 2.90. The zero-order chi connectivity index (χ0) is 15.1. The second-order valence-corrected chi connectivity index (χ2v) is 4.34. The fourth-order valence-corrected chi connectivity index (χ4v) is 1.88. The highest BCUT2D eigenvalue weighted by molar-refractivity contribution is 6.38. The molecule has 0 atom stereocenters. The summed E-state index contributed by atoms with van der Waals surface area (Å²) in [4.78, 5) is 20.5. The maximum absolute atomic E-state index is 12.1. The first kappa shape index (κ1) is 15.9. The zero-order valence-corrected chi connectivity index (χ0v) is 11.5. The molecule has 2 aromatic carbocycles.